The summed E-state index contributed by atoms with van der Waals surface area (Å²) in [5.41, 5.74) is 2.11. The lowest BCUT2D eigenvalue weighted by Crippen LogP contribution is -2.39. The third-order valence-electron chi connectivity index (χ3n) is 5.83. The van der Waals surface area contributed by atoms with Crippen LogP contribution in [0.1, 0.15) is 36.9 Å². The first-order valence-electron chi connectivity index (χ1n) is 10.4. The Bertz CT molecular complexity index is 1040. The van der Waals surface area contributed by atoms with Crippen molar-refractivity contribution in [3.05, 3.63) is 71.8 Å². The van der Waals surface area contributed by atoms with E-state index in [1.165, 1.54) is 0 Å². The fourth-order valence-electron chi connectivity index (χ4n) is 4.53. The number of carbonyl (C=O) groups is 1. The highest BCUT2D eigenvalue weighted by Crippen LogP contribution is 2.40. The van der Waals surface area contributed by atoms with Gasteiger partial charge in [0, 0.05) is 6.54 Å². The Morgan fingerprint density at radius 3 is 2.70 bits per heavy atom. The van der Waals surface area contributed by atoms with Gasteiger partial charge in [0.05, 0.1) is 19.8 Å². The summed E-state index contributed by atoms with van der Waals surface area (Å²) in [6, 6.07) is 19.7. The molecule has 1 aliphatic heterocycles. The first kappa shape index (κ1) is 20.2. The Kier molecular flexibility index (Phi) is 5.91. The normalized spacial score (nSPS) is 17.7. The van der Waals surface area contributed by atoms with Crippen LogP contribution in [0.15, 0.2) is 60.7 Å². The van der Waals surface area contributed by atoms with Gasteiger partial charge in [0.1, 0.15) is 6.04 Å². The predicted octanol–water partition coefficient (Wildman–Crippen LogP) is 4.89. The predicted molar refractivity (Wildman–Crippen MR) is 117 cm³/mol. The summed E-state index contributed by atoms with van der Waals surface area (Å²) in [4.78, 5) is 14.1. The smallest absolute Gasteiger partial charge is 0.320 e. The van der Waals surface area contributed by atoms with Crippen LogP contribution in [-0.2, 0) is 4.79 Å². The second-order valence-corrected chi connectivity index (χ2v) is 7.55. The maximum atomic E-state index is 12.0. The summed E-state index contributed by atoms with van der Waals surface area (Å²) in [6.45, 7) is 3.20. The van der Waals surface area contributed by atoms with Crippen LogP contribution in [0.2, 0.25) is 0 Å². The van der Waals surface area contributed by atoms with Gasteiger partial charge in [-0.3, -0.25) is 9.69 Å². The summed E-state index contributed by atoms with van der Waals surface area (Å²) < 4.78 is 11.3. The van der Waals surface area contributed by atoms with E-state index in [0.717, 1.165) is 34.9 Å². The first-order valence-corrected chi connectivity index (χ1v) is 10.4. The van der Waals surface area contributed by atoms with Crippen LogP contribution in [0, 0.1) is 0 Å². The maximum Gasteiger partial charge on any atom is 0.320 e. The SMILES string of the molecule is CCOc1cc(C(c2cccc3ccccc23)N2CCCC2C(=O)O)ccc1OC. The number of carboxylic acid groups (broad SMARTS) is 1. The molecular formula is C25H27NO4. The number of methoxy groups -OCH3 is 1. The molecule has 1 aliphatic rings. The monoisotopic (exact) mass is 405 g/mol. The van der Waals surface area contributed by atoms with Gasteiger partial charge in [0.2, 0.25) is 0 Å². The Balaban J connectivity index is 1.91. The topological polar surface area (TPSA) is 59.0 Å². The van der Waals surface area contributed by atoms with Crippen molar-refractivity contribution in [1.82, 2.24) is 4.90 Å². The minimum Gasteiger partial charge on any atom is -0.493 e. The first-order chi connectivity index (χ1) is 14.6. The molecule has 30 heavy (non-hydrogen) atoms. The molecule has 0 aliphatic carbocycles. The molecule has 1 heterocycles. The Labute approximate surface area is 176 Å². The second-order valence-electron chi connectivity index (χ2n) is 7.55. The summed E-state index contributed by atoms with van der Waals surface area (Å²) >= 11 is 0. The molecule has 0 aromatic heterocycles. The van der Waals surface area contributed by atoms with Crippen LogP contribution in [0.4, 0.5) is 0 Å². The number of nitrogens with zero attached hydrogens (tertiary/aromatic N) is 1. The molecule has 0 spiro atoms. The van der Waals surface area contributed by atoms with Crippen LogP contribution in [0.25, 0.3) is 10.8 Å². The average Bonchev–Trinajstić information content (AvgIpc) is 3.24. The van der Waals surface area contributed by atoms with Gasteiger partial charge < -0.3 is 14.6 Å². The van der Waals surface area contributed by atoms with Crippen molar-refractivity contribution < 1.29 is 19.4 Å². The lowest BCUT2D eigenvalue weighted by Gasteiger charge is -2.33. The minimum atomic E-state index is -0.767. The number of hydrogen-bond donors (Lipinski definition) is 1. The van der Waals surface area contributed by atoms with Crippen LogP contribution in [-0.4, -0.2) is 42.3 Å². The van der Waals surface area contributed by atoms with E-state index in [-0.39, 0.29) is 6.04 Å². The minimum absolute atomic E-state index is 0.190. The number of benzene rings is 3. The van der Waals surface area contributed by atoms with Gasteiger partial charge in [-0.15, -0.1) is 0 Å². The van der Waals surface area contributed by atoms with Crippen molar-refractivity contribution in [2.24, 2.45) is 0 Å². The molecule has 3 aromatic carbocycles. The second kappa shape index (κ2) is 8.76. The van der Waals surface area contributed by atoms with Crippen LogP contribution >= 0.6 is 0 Å². The van der Waals surface area contributed by atoms with Gasteiger partial charge in [-0.1, -0.05) is 48.5 Å². The number of fused-ring (bicyclic) bond motifs is 1. The van der Waals surface area contributed by atoms with Gasteiger partial charge in [0.15, 0.2) is 11.5 Å². The molecule has 1 fully saturated rings. The Morgan fingerprint density at radius 1 is 1.13 bits per heavy atom. The quantitative estimate of drug-likeness (QED) is 0.607. The van der Waals surface area contributed by atoms with Crippen molar-refractivity contribution in [2.75, 3.05) is 20.3 Å². The molecule has 0 bridgehead atoms. The highest BCUT2D eigenvalue weighted by atomic mass is 16.5. The third kappa shape index (κ3) is 3.73. The molecule has 0 radical (unpaired) electrons. The van der Waals surface area contributed by atoms with Gasteiger partial charge >= 0.3 is 5.97 Å². The number of aliphatic carboxylic acids is 1. The molecule has 2 unspecified atom stereocenters. The molecule has 4 rings (SSSR count). The van der Waals surface area contributed by atoms with Gasteiger partial charge in [0.25, 0.3) is 0 Å². The summed E-state index contributed by atoms with van der Waals surface area (Å²) in [6.07, 6.45) is 1.53. The highest BCUT2D eigenvalue weighted by molar-refractivity contribution is 5.86. The van der Waals surface area contributed by atoms with Gasteiger partial charge in [-0.2, -0.15) is 0 Å². The number of rotatable bonds is 7. The zero-order valence-electron chi connectivity index (χ0n) is 17.4. The van der Waals surface area contributed by atoms with E-state index < -0.39 is 12.0 Å². The highest BCUT2D eigenvalue weighted by Gasteiger charge is 2.37. The van der Waals surface area contributed by atoms with Crippen molar-refractivity contribution in [1.29, 1.82) is 0 Å². The summed E-state index contributed by atoms with van der Waals surface area (Å²) in [5, 5.41) is 12.2. The van der Waals surface area contributed by atoms with E-state index in [1.54, 1.807) is 7.11 Å². The largest absolute Gasteiger partial charge is 0.493 e. The number of hydrogen-bond acceptors (Lipinski definition) is 4. The van der Waals surface area contributed by atoms with Crippen molar-refractivity contribution in [2.45, 2.75) is 31.8 Å². The number of carboxylic acids is 1. The van der Waals surface area contributed by atoms with Crippen molar-refractivity contribution in [3.63, 3.8) is 0 Å². The molecule has 5 nitrogen and oxygen atoms in total. The standard InChI is InChI=1S/C25H27NO4/c1-3-30-23-16-18(13-14-22(23)29-2)24(26-15-7-12-21(26)25(27)28)20-11-6-9-17-8-4-5-10-19(17)20/h4-6,8-11,13-14,16,21,24H,3,7,12,15H2,1-2H3,(H,27,28). The molecule has 5 heteroatoms. The average molecular weight is 405 g/mol. The summed E-state index contributed by atoms with van der Waals surface area (Å²) in [5.74, 6) is 0.582. The molecule has 156 valence electrons. The summed E-state index contributed by atoms with van der Waals surface area (Å²) in [7, 11) is 1.63. The molecule has 3 aromatic rings. The molecule has 2 atom stereocenters. The van der Waals surface area contributed by atoms with E-state index in [1.807, 2.05) is 43.3 Å². The van der Waals surface area contributed by atoms with Gasteiger partial charge in [-0.05, 0) is 53.8 Å². The molecular weight excluding hydrogens is 378 g/mol. The lowest BCUT2D eigenvalue weighted by atomic mass is 9.91. The maximum absolute atomic E-state index is 12.0. The Morgan fingerprint density at radius 2 is 1.93 bits per heavy atom. The van der Waals surface area contributed by atoms with Crippen LogP contribution in [0.5, 0.6) is 11.5 Å². The molecule has 0 saturated carbocycles. The fourth-order valence-corrected chi connectivity index (χ4v) is 4.53. The molecule has 0 amide bonds. The number of ether oxygens (including phenoxy) is 2. The van der Waals surface area contributed by atoms with Gasteiger partial charge in [-0.25, -0.2) is 0 Å². The van der Waals surface area contributed by atoms with E-state index >= 15 is 0 Å². The van der Waals surface area contributed by atoms with E-state index in [9.17, 15) is 9.90 Å². The van der Waals surface area contributed by atoms with E-state index in [2.05, 4.69) is 29.2 Å². The third-order valence-corrected chi connectivity index (χ3v) is 5.83. The van der Waals surface area contributed by atoms with Crippen LogP contribution < -0.4 is 9.47 Å². The van der Waals surface area contributed by atoms with E-state index in [4.69, 9.17) is 9.47 Å². The van der Waals surface area contributed by atoms with Crippen molar-refractivity contribution >= 4 is 16.7 Å². The molecule has 1 saturated heterocycles. The van der Waals surface area contributed by atoms with Crippen LogP contribution in [0.3, 0.4) is 0 Å². The molecule has 1 N–H and O–H groups in total. The Hall–Kier alpha value is -3.05. The number of likely N-dealkylation sites (tertiary alicyclic amines) is 1. The van der Waals surface area contributed by atoms with E-state index in [0.29, 0.717) is 24.5 Å². The fraction of sp³-hybridized carbons (Fsp3) is 0.320. The zero-order valence-corrected chi connectivity index (χ0v) is 17.4. The van der Waals surface area contributed by atoms with Crippen molar-refractivity contribution in [3.8, 4) is 11.5 Å². The lowest BCUT2D eigenvalue weighted by molar-refractivity contribution is -0.142. The zero-order chi connectivity index (χ0) is 21.1.